The SMILES string of the molecule is Cc1ccc(Cn2nc3c(-c4ccncc4)c(-c4ccc(Cl)cc4)cc(C)n3c2=O)cn1. The Morgan fingerprint density at radius 3 is 2.38 bits per heavy atom. The highest BCUT2D eigenvalue weighted by Gasteiger charge is 2.19. The number of aromatic nitrogens is 5. The van der Waals surface area contributed by atoms with Gasteiger partial charge < -0.3 is 0 Å². The fraction of sp³-hybridized carbons (Fsp3) is 0.120. The zero-order valence-corrected chi connectivity index (χ0v) is 18.4. The maximum atomic E-state index is 13.3. The smallest absolute Gasteiger partial charge is 0.265 e. The molecular formula is C25H20ClN5O. The van der Waals surface area contributed by atoms with Crippen molar-refractivity contribution < 1.29 is 0 Å². The lowest BCUT2D eigenvalue weighted by molar-refractivity contribution is 0.655. The van der Waals surface area contributed by atoms with Crippen LogP contribution in [0.4, 0.5) is 0 Å². The molecule has 0 radical (unpaired) electrons. The molecule has 5 rings (SSSR count). The van der Waals surface area contributed by atoms with Crippen molar-refractivity contribution in [2.75, 3.05) is 0 Å². The first-order valence-electron chi connectivity index (χ1n) is 10.2. The quantitative estimate of drug-likeness (QED) is 0.396. The Labute approximate surface area is 189 Å². The van der Waals surface area contributed by atoms with Gasteiger partial charge in [0.15, 0.2) is 5.65 Å². The van der Waals surface area contributed by atoms with Gasteiger partial charge in [0, 0.05) is 40.6 Å². The van der Waals surface area contributed by atoms with E-state index in [9.17, 15) is 4.79 Å². The third-order valence-corrected chi connectivity index (χ3v) is 5.72. The Bertz CT molecular complexity index is 1470. The van der Waals surface area contributed by atoms with E-state index >= 15 is 0 Å². The second kappa shape index (κ2) is 8.05. The molecule has 0 atom stereocenters. The highest BCUT2D eigenvalue weighted by molar-refractivity contribution is 6.30. The van der Waals surface area contributed by atoms with E-state index in [1.54, 1.807) is 23.0 Å². The lowest BCUT2D eigenvalue weighted by Gasteiger charge is -2.13. The van der Waals surface area contributed by atoms with Crippen molar-refractivity contribution >= 4 is 17.2 Å². The molecule has 0 N–H and O–H groups in total. The Kier molecular flexibility index (Phi) is 5.07. The van der Waals surface area contributed by atoms with Crippen LogP contribution in [0.2, 0.25) is 5.02 Å². The summed E-state index contributed by atoms with van der Waals surface area (Å²) in [6, 6.07) is 17.5. The van der Waals surface area contributed by atoms with Crippen molar-refractivity contribution in [3.63, 3.8) is 0 Å². The number of pyridine rings is 3. The summed E-state index contributed by atoms with van der Waals surface area (Å²) in [6.45, 7) is 4.20. The van der Waals surface area contributed by atoms with Crippen molar-refractivity contribution in [1.82, 2.24) is 24.1 Å². The lowest BCUT2D eigenvalue weighted by Crippen LogP contribution is -2.22. The van der Waals surface area contributed by atoms with Crippen LogP contribution in [0.1, 0.15) is 17.0 Å². The van der Waals surface area contributed by atoms with Crippen LogP contribution in [-0.2, 0) is 6.54 Å². The van der Waals surface area contributed by atoms with Gasteiger partial charge in [-0.25, -0.2) is 13.9 Å². The first-order chi connectivity index (χ1) is 15.5. The number of hydrogen-bond acceptors (Lipinski definition) is 4. The summed E-state index contributed by atoms with van der Waals surface area (Å²) >= 11 is 6.12. The van der Waals surface area contributed by atoms with Crippen molar-refractivity contribution in [3.8, 4) is 22.3 Å². The van der Waals surface area contributed by atoms with Gasteiger partial charge >= 0.3 is 5.69 Å². The summed E-state index contributed by atoms with van der Waals surface area (Å²) in [5, 5.41) is 5.43. The van der Waals surface area contributed by atoms with E-state index in [4.69, 9.17) is 16.7 Å². The van der Waals surface area contributed by atoms with Gasteiger partial charge in [-0.05, 0) is 72.5 Å². The summed E-state index contributed by atoms with van der Waals surface area (Å²) in [6.07, 6.45) is 5.26. The van der Waals surface area contributed by atoms with E-state index in [-0.39, 0.29) is 5.69 Å². The minimum absolute atomic E-state index is 0.184. The van der Waals surface area contributed by atoms with E-state index in [0.717, 1.165) is 39.2 Å². The van der Waals surface area contributed by atoms with Gasteiger partial charge in [-0.1, -0.05) is 29.8 Å². The van der Waals surface area contributed by atoms with Crippen molar-refractivity contribution in [1.29, 1.82) is 0 Å². The standard InChI is InChI=1S/C25H20ClN5O/c1-16-3-4-18(14-28-16)15-30-25(32)31-17(2)13-22(19-5-7-21(26)8-6-19)23(24(31)29-30)20-9-11-27-12-10-20/h3-14H,15H2,1-2H3. The molecule has 0 aliphatic rings. The third kappa shape index (κ3) is 3.59. The van der Waals surface area contributed by atoms with Crippen LogP contribution in [0.15, 0.2) is 78.0 Å². The molecule has 4 aromatic heterocycles. The summed E-state index contributed by atoms with van der Waals surface area (Å²) < 4.78 is 3.15. The maximum Gasteiger partial charge on any atom is 0.350 e. The van der Waals surface area contributed by atoms with Crippen LogP contribution in [0.25, 0.3) is 27.9 Å². The average Bonchev–Trinajstić information content (AvgIpc) is 3.12. The Morgan fingerprint density at radius 2 is 1.69 bits per heavy atom. The summed E-state index contributed by atoms with van der Waals surface area (Å²) in [5.74, 6) is 0. The number of fused-ring (bicyclic) bond motifs is 1. The van der Waals surface area contributed by atoms with Crippen LogP contribution in [-0.4, -0.2) is 24.1 Å². The van der Waals surface area contributed by atoms with Crippen LogP contribution in [0.5, 0.6) is 0 Å². The third-order valence-electron chi connectivity index (χ3n) is 5.47. The molecule has 6 nitrogen and oxygen atoms in total. The van der Waals surface area contributed by atoms with Gasteiger partial charge in [0.1, 0.15) is 0 Å². The van der Waals surface area contributed by atoms with Crippen LogP contribution < -0.4 is 5.69 Å². The van der Waals surface area contributed by atoms with E-state index in [1.165, 1.54) is 4.68 Å². The van der Waals surface area contributed by atoms with Crippen LogP contribution in [0.3, 0.4) is 0 Å². The molecule has 0 aliphatic carbocycles. The van der Waals surface area contributed by atoms with Crippen molar-refractivity contribution in [3.05, 3.63) is 106 Å². The van der Waals surface area contributed by atoms with Gasteiger partial charge in [0.05, 0.1) is 6.54 Å². The second-order valence-electron chi connectivity index (χ2n) is 7.72. The average molecular weight is 442 g/mol. The molecule has 32 heavy (non-hydrogen) atoms. The largest absolute Gasteiger partial charge is 0.350 e. The minimum Gasteiger partial charge on any atom is -0.265 e. The van der Waals surface area contributed by atoms with Gasteiger partial charge in [-0.2, -0.15) is 0 Å². The maximum absolute atomic E-state index is 13.3. The summed E-state index contributed by atoms with van der Waals surface area (Å²) in [7, 11) is 0. The van der Waals surface area contributed by atoms with Crippen LogP contribution >= 0.6 is 11.6 Å². The van der Waals surface area contributed by atoms with Gasteiger partial charge in [-0.15, -0.1) is 5.10 Å². The van der Waals surface area contributed by atoms with Gasteiger partial charge in [-0.3, -0.25) is 9.97 Å². The van der Waals surface area contributed by atoms with Crippen molar-refractivity contribution in [2.24, 2.45) is 0 Å². The number of aryl methyl sites for hydroxylation is 2. The molecule has 7 heteroatoms. The Hall–Kier alpha value is -3.77. The fourth-order valence-corrected chi connectivity index (χ4v) is 4.01. The predicted octanol–water partition coefficient (Wildman–Crippen LogP) is 4.94. The number of nitrogens with zero attached hydrogens (tertiary/aromatic N) is 5. The zero-order chi connectivity index (χ0) is 22.2. The molecule has 0 unspecified atom stereocenters. The number of rotatable bonds is 4. The zero-order valence-electron chi connectivity index (χ0n) is 17.7. The number of halogens is 1. The molecule has 1 aromatic carbocycles. The molecule has 5 aromatic rings. The monoisotopic (exact) mass is 441 g/mol. The highest BCUT2D eigenvalue weighted by atomic mass is 35.5. The van der Waals surface area contributed by atoms with E-state index in [0.29, 0.717) is 17.2 Å². The predicted molar refractivity (Wildman–Crippen MR) is 126 cm³/mol. The molecule has 0 spiro atoms. The summed E-state index contributed by atoms with van der Waals surface area (Å²) in [4.78, 5) is 21.8. The molecule has 0 saturated heterocycles. The van der Waals surface area contributed by atoms with E-state index in [2.05, 4.69) is 9.97 Å². The molecule has 0 amide bonds. The van der Waals surface area contributed by atoms with Crippen LogP contribution in [0, 0.1) is 13.8 Å². The molecule has 158 valence electrons. The minimum atomic E-state index is -0.184. The normalized spacial score (nSPS) is 11.2. The molecule has 4 heterocycles. The second-order valence-corrected chi connectivity index (χ2v) is 8.16. The number of benzene rings is 1. The van der Waals surface area contributed by atoms with E-state index in [1.807, 2.05) is 68.4 Å². The molecule has 0 saturated carbocycles. The van der Waals surface area contributed by atoms with E-state index < -0.39 is 0 Å². The van der Waals surface area contributed by atoms with Crippen molar-refractivity contribution in [2.45, 2.75) is 20.4 Å². The summed E-state index contributed by atoms with van der Waals surface area (Å²) in [5.41, 5.74) is 6.86. The lowest BCUT2D eigenvalue weighted by atomic mass is 9.95. The molecular weight excluding hydrogens is 422 g/mol. The van der Waals surface area contributed by atoms with Gasteiger partial charge in [0.2, 0.25) is 0 Å². The Balaban J connectivity index is 1.77. The highest BCUT2D eigenvalue weighted by Crippen LogP contribution is 2.35. The number of hydrogen-bond donors (Lipinski definition) is 0. The topological polar surface area (TPSA) is 65.1 Å². The molecule has 0 bridgehead atoms. The first-order valence-corrected chi connectivity index (χ1v) is 10.6. The molecule has 0 fully saturated rings. The Morgan fingerprint density at radius 1 is 0.938 bits per heavy atom. The van der Waals surface area contributed by atoms with Gasteiger partial charge in [0.25, 0.3) is 0 Å². The fourth-order valence-electron chi connectivity index (χ4n) is 3.88. The molecule has 0 aliphatic heterocycles. The first kappa shape index (κ1) is 20.2.